The fourth-order valence-corrected chi connectivity index (χ4v) is 3.16. The molecule has 0 spiro atoms. The normalized spacial score (nSPS) is 11.1. The van der Waals surface area contributed by atoms with Crippen molar-refractivity contribution in [3.05, 3.63) is 33.4 Å². The number of carboxylic acids is 1. The third-order valence-electron chi connectivity index (χ3n) is 3.65. The van der Waals surface area contributed by atoms with E-state index in [1.807, 2.05) is 18.3 Å². The summed E-state index contributed by atoms with van der Waals surface area (Å²) in [5.41, 5.74) is 2.32. The van der Waals surface area contributed by atoms with Gasteiger partial charge in [-0.15, -0.1) is 0 Å². The van der Waals surface area contributed by atoms with E-state index in [1.54, 1.807) is 0 Å². The molecule has 2 rings (SSSR count). The van der Waals surface area contributed by atoms with Crippen LogP contribution in [-0.2, 0) is 11.2 Å². The highest BCUT2D eigenvalue weighted by Gasteiger charge is 2.10. The van der Waals surface area contributed by atoms with E-state index in [1.165, 1.54) is 5.56 Å². The molecule has 0 bridgehead atoms. The summed E-state index contributed by atoms with van der Waals surface area (Å²) in [7, 11) is 0. The lowest BCUT2D eigenvalue weighted by Gasteiger charge is -2.03. The van der Waals surface area contributed by atoms with Crippen molar-refractivity contribution >= 4 is 44.4 Å². The third-order valence-corrected chi connectivity index (χ3v) is 4.94. The fraction of sp³-hybridized carbons (Fsp3) is 0.438. The van der Waals surface area contributed by atoms with Crippen LogP contribution in [0, 0.1) is 0 Å². The molecule has 0 atom stereocenters. The second kappa shape index (κ2) is 7.85. The van der Waals surface area contributed by atoms with Crippen molar-refractivity contribution in [3.8, 4) is 0 Å². The zero-order chi connectivity index (χ0) is 15.2. The topological polar surface area (TPSA) is 53.1 Å². The van der Waals surface area contributed by atoms with Gasteiger partial charge in [0.2, 0.25) is 0 Å². The van der Waals surface area contributed by atoms with Crippen molar-refractivity contribution in [1.29, 1.82) is 0 Å². The van der Waals surface area contributed by atoms with Crippen LogP contribution in [0.1, 0.15) is 44.1 Å². The molecule has 1 aromatic carbocycles. The molecule has 0 aliphatic rings. The quantitative estimate of drug-likeness (QED) is 0.597. The number of hydrogen-bond donors (Lipinski definition) is 2. The smallest absolute Gasteiger partial charge is 0.303 e. The molecule has 21 heavy (non-hydrogen) atoms. The predicted octanol–water partition coefficient (Wildman–Crippen LogP) is 5.55. The number of carboxylic acid groups (broad SMARTS) is 1. The van der Waals surface area contributed by atoms with E-state index in [4.69, 9.17) is 16.7 Å². The van der Waals surface area contributed by atoms with Gasteiger partial charge in [0, 0.05) is 28.0 Å². The summed E-state index contributed by atoms with van der Waals surface area (Å²) in [6, 6.07) is 3.98. The number of nitrogens with one attached hydrogen (secondary N) is 1. The maximum atomic E-state index is 10.4. The standard InChI is InChI=1S/C16H19BrClNO2/c17-12-8-9-13-15(16(12)18)11(10-19-13)6-4-2-1-3-5-7-14(20)21/h8-10,19H,1-7H2,(H,20,21). The molecule has 2 aromatic rings. The zero-order valence-corrected chi connectivity index (χ0v) is 14.1. The van der Waals surface area contributed by atoms with E-state index >= 15 is 0 Å². The van der Waals surface area contributed by atoms with E-state index < -0.39 is 5.97 Å². The Labute approximate surface area is 137 Å². The van der Waals surface area contributed by atoms with Crippen molar-refractivity contribution in [1.82, 2.24) is 4.98 Å². The molecule has 1 heterocycles. The highest BCUT2D eigenvalue weighted by Crippen LogP contribution is 2.33. The number of aliphatic carboxylic acids is 1. The van der Waals surface area contributed by atoms with Crippen molar-refractivity contribution in [2.45, 2.75) is 44.9 Å². The van der Waals surface area contributed by atoms with Crippen molar-refractivity contribution in [3.63, 3.8) is 0 Å². The van der Waals surface area contributed by atoms with Crippen LogP contribution in [0.2, 0.25) is 5.02 Å². The van der Waals surface area contributed by atoms with Gasteiger partial charge in [0.1, 0.15) is 0 Å². The molecule has 0 amide bonds. The first-order valence-electron chi connectivity index (χ1n) is 7.25. The molecule has 3 nitrogen and oxygen atoms in total. The number of fused-ring (bicyclic) bond motifs is 1. The summed E-state index contributed by atoms with van der Waals surface area (Å²) in [5.74, 6) is -0.700. The first-order chi connectivity index (χ1) is 10.1. The molecule has 0 aliphatic heterocycles. The number of aromatic amines is 1. The van der Waals surface area contributed by atoms with E-state index in [2.05, 4.69) is 20.9 Å². The van der Waals surface area contributed by atoms with Crippen molar-refractivity contribution in [2.75, 3.05) is 0 Å². The van der Waals surface area contributed by atoms with Crippen LogP contribution in [0.3, 0.4) is 0 Å². The SMILES string of the molecule is O=C(O)CCCCCCCc1c[nH]c2ccc(Br)c(Cl)c12. The van der Waals surface area contributed by atoms with Gasteiger partial charge in [0.15, 0.2) is 0 Å². The minimum atomic E-state index is -0.700. The summed E-state index contributed by atoms with van der Waals surface area (Å²) in [6.45, 7) is 0. The summed E-state index contributed by atoms with van der Waals surface area (Å²) in [6.07, 6.45) is 8.40. The van der Waals surface area contributed by atoms with Crippen LogP contribution < -0.4 is 0 Å². The highest BCUT2D eigenvalue weighted by atomic mass is 79.9. The van der Waals surface area contributed by atoms with Crippen LogP contribution in [0.25, 0.3) is 10.9 Å². The number of hydrogen-bond acceptors (Lipinski definition) is 1. The molecule has 0 saturated carbocycles. The van der Waals surface area contributed by atoms with Gasteiger partial charge in [-0.3, -0.25) is 4.79 Å². The average molecular weight is 373 g/mol. The largest absolute Gasteiger partial charge is 0.481 e. The van der Waals surface area contributed by atoms with Gasteiger partial charge in [-0.2, -0.15) is 0 Å². The minimum Gasteiger partial charge on any atom is -0.481 e. The van der Waals surface area contributed by atoms with Crippen LogP contribution in [0.15, 0.2) is 22.8 Å². The monoisotopic (exact) mass is 371 g/mol. The minimum absolute atomic E-state index is 0.284. The van der Waals surface area contributed by atoms with E-state index in [0.717, 1.165) is 58.9 Å². The predicted molar refractivity (Wildman–Crippen MR) is 90.1 cm³/mol. The van der Waals surface area contributed by atoms with E-state index in [9.17, 15) is 4.79 Å². The first kappa shape index (κ1) is 16.4. The molecule has 0 aliphatic carbocycles. The van der Waals surface area contributed by atoms with Crippen molar-refractivity contribution in [2.24, 2.45) is 0 Å². The summed E-state index contributed by atoms with van der Waals surface area (Å²) in [4.78, 5) is 13.7. The molecule has 114 valence electrons. The molecule has 0 unspecified atom stereocenters. The van der Waals surface area contributed by atoms with Crippen LogP contribution >= 0.6 is 27.5 Å². The Morgan fingerprint density at radius 2 is 1.90 bits per heavy atom. The van der Waals surface area contributed by atoms with Gasteiger partial charge >= 0.3 is 5.97 Å². The number of H-pyrrole nitrogens is 1. The zero-order valence-electron chi connectivity index (χ0n) is 11.8. The average Bonchev–Trinajstić information content (AvgIpc) is 2.85. The number of unbranched alkanes of at least 4 members (excludes halogenated alkanes) is 4. The second-order valence-electron chi connectivity index (χ2n) is 5.26. The lowest BCUT2D eigenvalue weighted by Crippen LogP contribution is -1.93. The number of halogens is 2. The summed E-state index contributed by atoms with van der Waals surface area (Å²) in [5, 5.41) is 10.4. The fourth-order valence-electron chi connectivity index (χ4n) is 2.54. The lowest BCUT2D eigenvalue weighted by molar-refractivity contribution is -0.137. The molecule has 5 heteroatoms. The van der Waals surface area contributed by atoms with Gasteiger partial charge < -0.3 is 10.1 Å². The van der Waals surface area contributed by atoms with Gasteiger partial charge in [0.05, 0.1) is 5.02 Å². The number of benzene rings is 1. The Kier molecular flexibility index (Phi) is 6.12. The van der Waals surface area contributed by atoms with Gasteiger partial charge in [-0.25, -0.2) is 0 Å². The first-order valence-corrected chi connectivity index (χ1v) is 8.42. The Hall–Kier alpha value is -1.000. The van der Waals surface area contributed by atoms with Gasteiger partial charge in [-0.05, 0) is 52.9 Å². The van der Waals surface area contributed by atoms with Gasteiger partial charge in [-0.1, -0.05) is 30.9 Å². The molecular formula is C16H19BrClNO2. The van der Waals surface area contributed by atoms with Crippen LogP contribution in [0.4, 0.5) is 0 Å². The number of aryl methyl sites for hydroxylation is 1. The lowest BCUT2D eigenvalue weighted by atomic mass is 10.0. The van der Waals surface area contributed by atoms with Crippen LogP contribution in [-0.4, -0.2) is 16.1 Å². The van der Waals surface area contributed by atoms with Crippen molar-refractivity contribution < 1.29 is 9.90 Å². The Balaban J connectivity index is 1.81. The number of rotatable bonds is 8. The maximum Gasteiger partial charge on any atom is 0.303 e. The molecule has 0 fully saturated rings. The molecular weight excluding hydrogens is 354 g/mol. The molecule has 2 N–H and O–H groups in total. The Bertz CT molecular complexity index is 624. The second-order valence-corrected chi connectivity index (χ2v) is 6.49. The molecule has 0 saturated heterocycles. The van der Waals surface area contributed by atoms with E-state index in [0.29, 0.717) is 0 Å². The van der Waals surface area contributed by atoms with Gasteiger partial charge in [0.25, 0.3) is 0 Å². The van der Waals surface area contributed by atoms with Crippen LogP contribution in [0.5, 0.6) is 0 Å². The third kappa shape index (κ3) is 4.48. The molecule has 0 radical (unpaired) electrons. The Morgan fingerprint density at radius 3 is 2.67 bits per heavy atom. The highest BCUT2D eigenvalue weighted by molar-refractivity contribution is 9.10. The number of carbonyl (C=O) groups is 1. The number of aromatic nitrogens is 1. The summed E-state index contributed by atoms with van der Waals surface area (Å²) >= 11 is 9.82. The van der Waals surface area contributed by atoms with E-state index in [-0.39, 0.29) is 6.42 Å². The Morgan fingerprint density at radius 1 is 1.19 bits per heavy atom. The summed E-state index contributed by atoms with van der Waals surface area (Å²) < 4.78 is 0.922. The maximum absolute atomic E-state index is 10.4. The molecule has 1 aromatic heterocycles.